The van der Waals surface area contributed by atoms with Crippen molar-refractivity contribution in [1.82, 2.24) is 15.1 Å². The molecule has 0 bridgehead atoms. The number of amides is 1. The predicted octanol–water partition coefficient (Wildman–Crippen LogP) is 0.974. The van der Waals surface area contributed by atoms with Gasteiger partial charge in [-0.1, -0.05) is 18.2 Å². The third-order valence-corrected chi connectivity index (χ3v) is 4.74. The van der Waals surface area contributed by atoms with Crippen LogP contribution in [0.25, 0.3) is 0 Å². The lowest BCUT2D eigenvalue weighted by Crippen LogP contribution is -2.32. The molecule has 7 heteroatoms. The highest BCUT2D eigenvalue weighted by molar-refractivity contribution is 5.79. The first-order valence-corrected chi connectivity index (χ1v) is 8.73. The Labute approximate surface area is 152 Å². The van der Waals surface area contributed by atoms with Gasteiger partial charge in [0.25, 0.3) is 5.56 Å². The minimum atomic E-state index is -0.115. The molecule has 0 spiro atoms. The lowest BCUT2D eigenvalue weighted by atomic mass is 10.1. The van der Waals surface area contributed by atoms with Gasteiger partial charge in [0.1, 0.15) is 5.75 Å². The van der Waals surface area contributed by atoms with Gasteiger partial charge in [0.15, 0.2) is 0 Å². The van der Waals surface area contributed by atoms with Crippen LogP contribution in [0.3, 0.4) is 0 Å². The maximum absolute atomic E-state index is 12.2. The quantitative estimate of drug-likeness (QED) is 0.835. The summed E-state index contributed by atoms with van der Waals surface area (Å²) in [6.45, 7) is 2.30. The molecule has 7 nitrogen and oxygen atoms in total. The summed E-state index contributed by atoms with van der Waals surface area (Å²) in [5, 5.41) is 7.08. The summed E-state index contributed by atoms with van der Waals surface area (Å²) >= 11 is 0. The summed E-state index contributed by atoms with van der Waals surface area (Å²) in [6.07, 6.45) is 2.99. The van der Waals surface area contributed by atoms with Crippen LogP contribution in [0.2, 0.25) is 0 Å². The van der Waals surface area contributed by atoms with Crippen LogP contribution in [-0.2, 0) is 18.3 Å². The summed E-state index contributed by atoms with van der Waals surface area (Å²) in [4.78, 5) is 26.1. The number of aryl methyl sites for hydroxylation is 1. The van der Waals surface area contributed by atoms with Gasteiger partial charge in [-0.25, -0.2) is 4.68 Å². The fraction of sp³-hybridized carbons (Fsp3) is 0.421. The minimum Gasteiger partial charge on any atom is -0.496 e. The molecule has 2 aromatic rings. The normalized spacial score (nSPS) is 16.5. The Morgan fingerprint density at radius 1 is 1.38 bits per heavy atom. The average molecular weight is 356 g/mol. The maximum atomic E-state index is 12.2. The van der Waals surface area contributed by atoms with Crippen molar-refractivity contribution in [1.29, 1.82) is 0 Å². The van der Waals surface area contributed by atoms with E-state index in [1.807, 2.05) is 24.3 Å². The highest BCUT2D eigenvalue weighted by Gasteiger charge is 2.23. The summed E-state index contributed by atoms with van der Waals surface area (Å²) in [5.74, 6) is 1.08. The van der Waals surface area contributed by atoms with Gasteiger partial charge in [0.05, 0.1) is 25.4 Å². The van der Waals surface area contributed by atoms with E-state index in [-0.39, 0.29) is 11.5 Å². The van der Waals surface area contributed by atoms with Gasteiger partial charge in [-0.3, -0.25) is 9.59 Å². The molecular weight excluding hydrogens is 332 g/mol. The molecule has 1 fully saturated rings. The summed E-state index contributed by atoms with van der Waals surface area (Å²) in [5.41, 5.74) is 1.61. The summed E-state index contributed by atoms with van der Waals surface area (Å²) in [7, 11) is 3.24. The van der Waals surface area contributed by atoms with Crippen LogP contribution in [0.1, 0.15) is 12.0 Å². The van der Waals surface area contributed by atoms with Crippen molar-refractivity contribution in [2.24, 2.45) is 13.0 Å². The van der Waals surface area contributed by atoms with E-state index in [1.165, 1.54) is 4.68 Å². The summed E-state index contributed by atoms with van der Waals surface area (Å²) < 4.78 is 6.60. The Hall–Kier alpha value is -2.83. The second-order valence-corrected chi connectivity index (χ2v) is 6.57. The van der Waals surface area contributed by atoms with Gasteiger partial charge in [-0.2, -0.15) is 5.10 Å². The zero-order chi connectivity index (χ0) is 18.5. The third-order valence-electron chi connectivity index (χ3n) is 4.74. The second-order valence-electron chi connectivity index (χ2n) is 6.57. The standard InChI is InChI=1S/C19H24N4O3/c1-22-19(25)10-16(12-21-22)23-8-7-14(13-23)11-20-18(24)9-15-5-3-4-6-17(15)26-2/h3-6,10,12,14H,7-9,11,13H2,1-2H3,(H,20,24)/t14-/m0/s1. The fourth-order valence-corrected chi connectivity index (χ4v) is 3.21. The van der Waals surface area contributed by atoms with Crippen molar-refractivity contribution in [2.45, 2.75) is 12.8 Å². The maximum Gasteiger partial charge on any atom is 0.268 e. The Balaban J connectivity index is 1.50. The van der Waals surface area contributed by atoms with Gasteiger partial charge in [-0.15, -0.1) is 0 Å². The molecule has 0 unspecified atom stereocenters. The molecule has 1 aliphatic rings. The first-order chi connectivity index (χ1) is 12.6. The molecule has 0 radical (unpaired) electrons. The van der Waals surface area contributed by atoms with Crippen molar-refractivity contribution < 1.29 is 9.53 Å². The van der Waals surface area contributed by atoms with Crippen LogP contribution in [0.5, 0.6) is 5.75 Å². The van der Waals surface area contributed by atoms with E-state index in [4.69, 9.17) is 4.74 Å². The first kappa shape index (κ1) is 18.0. The van der Waals surface area contributed by atoms with Crippen LogP contribution in [0, 0.1) is 5.92 Å². The average Bonchev–Trinajstić information content (AvgIpc) is 3.12. The van der Waals surface area contributed by atoms with Gasteiger partial charge >= 0.3 is 0 Å². The zero-order valence-electron chi connectivity index (χ0n) is 15.1. The third kappa shape index (κ3) is 4.22. The number of anilines is 1. The number of hydrogen-bond acceptors (Lipinski definition) is 5. The number of benzene rings is 1. The molecule has 138 valence electrons. The van der Waals surface area contributed by atoms with E-state index in [0.29, 0.717) is 18.9 Å². The van der Waals surface area contributed by atoms with E-state index >= 15 is 0 Å². The monoisotopic (exact) mass is 356 g/mol. The van der Waals surface area contributed by atoms with E-state index in [0.717, 1.165) is 36.5 Å². The number of carbonyl (C=O) groups excluding carboxylic acids is 1. The number of rotatable bonds is 6. The van der Waals surface area contributed by atoms with Crippen molar-refractivity contribution >= 4 is 11.6 Å². The first-order valence-electron chi connectivity index (χ1n) is 8.73. The number of nitrogens with one attached hydrogen (secondary N) is 1. The predicted molar refractivity (Wildman–Crippen MR) is 99.5 cm³/mol. The second kappa shape index (κ2) is 8.03. The number of ether oxygens (including phenoxy) is 1. The molecule has 1 amide bonds. The Morgan fingerprint density at radius 3 is 2.96 bits per heavy atom. The van der Waals surface area contributed by atoms with Crippen LogP contribution >= 0.6 is 0 Å². The van der Waals surface area contributed by atoms with E-state index in [2.05, 4.69) is 15.3 Å². The van der Waals surface area contributed by atoms with Crippen molar-refractivity contribution in [3.05, 3.63) is 52.4 Å². The number of aromatic nitrogens is 2. The lowest BCUT2D eigenvalue weighted by Gasteiger charge is -2.18. The molecule has 0 saturated carbocycles. The lowest BCUT2D eigenvalue weighted by molar-refractivity contribution is -0.120. The molecule has 1 aromatic heterocycles. The van der Waals surface area contributed by atoms with E-state index in [1.54, 1.807) is 26.4 Å². The number of para-hydroxylation sites is 1. The van der Waals surface area contributed by atoms with Gasteiger partial charge in [-0.05, 0) is 18.4 Å². The van der Waals surface area contributed by atoms with E-state index < -0.39 is 0 Å². The fourth-order valence-electron chi connectivity index (χ4n) is 3.21. The number of hydrogen-bond donors (Lipinski definition) is 1. The van der Waals surface area contributed by atoms with Crippen LogP contribution < -0.4 is 20.5 Å². The molecule has 26 heavy (non-hydrogen) atoms. The molecule has 3 rings (SSSR count). The molecule has 2 heterocycles. The van der Waals surface area contributed by atoms with Gasteiger partial charge in [0, 0.05) is 38.3 Å². The SMILES string of the molecule is COc1ccccc1CC(=O)NC[C@@H]1CCN(c2cnn(C)c(=O)c2)C1. The zero-order valence-corrected chi connectivity index (χ0v) is 15.1. The van der Waals surface area contributed by atoms with Crippen LogP contribution in [0.4, 0.5) is 5.69 Å². The topological polar surface area (TPSA) is 76.5 Å². The van der Waals surface area contributed by atoms with E-state index in [9.17, 15) is 9.59 Å². The highest BCUT2D eigenvalue weighted by Crippen LogP contribution is 2.22. The number of methoxy groups -OCH3 is 1. The highest BCUT2D eigenvalue weighted by atomic mass is 16.5. The smallest absolute Gasteiger partial charge is 0.268 e. The molecule has 1 atom stereocenters. The summed E-state index contributed by atoms with van der Waals surface area (Å²) in [6, 6.07) is 9.15. The van der Waals surface area contributed by atoms with Crippen molar-refractivity contribution in [3.8, 4) is 5.75 Å². The molecule has 1 aromatic carbocycles. The van der Waals surface area contributed by atoms with Crippen molar-refractivity contribution in [3.63, 3.8) is 0 Å². The Kier molecular flexibility index (Phi) is 5.55. The minimum absolute atomic E-state index is 0.0109. The Morgan fingerprint density at radius 2 is 2.19 bits per heavy atom. The van der Waals surface area contributed by atoms with Gasteiger partial charge < -0.3 is 15.0 Å². The number of carbonyl (C=O) groups is 1. The van der Waals surface area contributed by atoms with Crippen LogP contribution in [-0.4, -0.2) is 42.4 Å². The largest absolute Gasteiger partial charge is 0.496 e. The molecule has 1 aliphatic heterocycles. The Bertz CT molecular complexity index is 834. The molecule has 0 aliphatic carbocycles. The van der Waals surface area contributed by atoms with Crippen molar-refractivity contribution in [2.75, 3.05) is 31.6 Å². The molecule has 1 N–H and O–H groups in total. The molecular formula is C19H24N4O3. The number of nitrogens with zero attached hydrogens (tertiary/aromatic N) is 3. The van der Waals surface area contributed by atoms with Gasteiger partial charge in [0.2, 0.25) is 5.91 Å². The van der Waals surface area contributed by atoms with Crippen LogP contribution in [0.15, 0.2) is 41.3 Å². The molecule has 1 saturated heterocycles.